The Bertz CT molecular complexity index is 826. The fourth-order valence-electron chi connectivity index (χ4n) is 2.85. The summed E-state index contributed by atoms with van der Waals surface area (Å²) in [5.74, 6) is -1.54. The normalized spacial score (nSPS) is 15.9. The molecule has 2 heterocycles. The van der Waals surface area contributed by atoms with Gasteiger partial charge in [-0.1, -0.05) is 24.3 Å². The maximum atomic E-state index is 12.8. The van der Waals surface area contributed by atoms with Crippen LogP contribution in [0.1, 0.15) is 27.4 Å². The molecule has 1 N–H and O–H groups in total. The second kappa shape index (κ2) is 5.82. The van der Waals surface area contributed by atoms with Crippen LogP contribution in [0.15, 0.2) is 39.6 Å². The number of sulfonamides is 1. The maximum absolute atomic E-state index is 12.8. The van der Waals surface area contributed by atoms with Gasteiger partial charge in [-0.3, -0.25) is 0 Å². The van der Waals surface area contributed by atoms with E-state index in [9.17, 15) is 13.2 Å². The average Bonchev–Trinajstić information content (AvgIpc) is 2.78. The summed E-state index contributed by atoms with van der Waals surface area (Å²) < 4.78 is 32.1. The van der Waals surface area contributed by atoms with E-state index in [-0.39, 0.29) is 16.4 Å². The van der Waals surface area contributed by atoms with Crippen LogP contribution in [0.4, 0.5) is 0 Å². The molecule has 0 spiro atoms. The smallest absolute Gasteiger partial charge is 0.371 e. The number of rotatable bonds is 3. The largest absolute Gasteiger partial charge is 0.475 e. The molecule has 122 valence electrons. The molecule has 1 aliphatic rings. The van der Waals surface area contributed by atoms with Gasteiger partial charge in [-0.05, 0) is 30.9 Å². The predicted molar refractivity (Wildman–Crippen MR) is 83.0 cm³/mol. The molecule has 1 aliphatic heterocycles. The first-order valence-electron chi connectivity index (χ1n) is 7.30. The van der Waals surface area contributed by atoms with E-state index in [1.54, 1.807) is 0 Å². The number of aryl methyl sites for hydroxylation is 1. The molecule has 0 amide bonds. The van der Waals surface area contributed by atoms with Crippen LogP contribution in [0.5, 0.6) is 0 Å². The molecule has 0 fully saturated rings. The Morgan fingerprint density at radius 3 is 2.22 bits per heavy atom. The van der Waals surface area contributed by atoms with Crippen molar-refractivity contribution in [3.05, 3.63) is 53.0 Å². The zero-order chi connectivity index (χ0) is 16.6. The number of aromatic carboxylic acids is 1. The summed E-state index contributed by atoms with van der Waals surface area (Å²) in [6, 6.07) is 9.00. The SMILES string of the molecule is Cc1oc(C(=O)O)cc1S(=O)(=O)N1CCc2ccccc2CC1. The van der Waals surface area contributed by atoms with Crippen LogP contribution >= 0.6 is 0 Å². The van der Waals surface area contributed by atoms with E-state index >= 15 is 0 Å². The molecule has 0 saturated carbocycles. The first-order chi connectivity index (χ1) is 10.9. The molecule has 3 rings (SSSR count). The van der Waals surface area contributed by atoms with Gasteiger partial charge in [0.25, 0.3) is 0 Å². The fraction of sp³-hybridized carbons (Fsp3) is 0.312. The van der Waals surface area contributed by atoms with E-state index in [0.29, 0.717) is 25.9 Å². The quantitative estimate of drug-likeness (QED) is 0.928. The van der Waals surface area contributed by atoms with Crippen molar-refractivity contribution in [2.45, 2.75) is 24.7 Å². The third-order valence-corrected chi connectivity index (χ3v) is 6.09. The summed E-state index contributed by atoms with van der Waals surface area (Å²) in [5.41, 5.74) is 2.31. The van der Waals surface area contributed by atoms with Crippen LogP contribution in [0.2, 0.25) is 0 Å². The standard InChI is InChI=1S/C16H17NO5S/c1-11-15(10-14(22-11)16(18)19)23(20,21)17-8-6-12-4-2-3-5-13(12)7-9-17/h2-5,10H,6-9H2,1H3,(H,18,19). The van der Waals surface area contributed by atoms with Crippen molar-refractivity contribution in [2.24, 2.45) is 0 Å². The summed E-state index contributed by atoms with van der Waals surface area (Å²) in [4.78, 5) is 10.9. The highest BCUT2D eigenvalue weighted by Gasteiger charge is 2.31. The summed E-state index contributed by atoms with van der Waals surface area (Å²) in [6.07, 6.45) is 1.27. The Hall–Kier alpha value is -2.12. The lowest BCUT2D eigenvalue weighted by Gasteiger charge is -2.19. The zero-order valence-electron chi connectivity index (χ0n) is 12.7. The summed E-state index contributed by atoms with van der Waals surface area (Å²) in [5, 5.41) is 8.96. The lowest BCUT2D eigenvalue weighted by atomic mass is 10.0. The molecule has 0 radical (unpaired) electrons. The van der Waals surface area contributed by atoms with Crippen molar-refractivity contribution < 1.29 is 22.7 Å². The minimum Gasteiger partial charge on any atom is -0.475 e. The molecule has 0 unspecified atom stereocenters. The van der Waals surface area contributed by atoms with Gasteiger partial charge in [0.2, 0.25) is 15.8 Å². The van der Waals surface area contributed by atoms with Crippen LogP contribution in [0, 0.1) is 6.92 Å². The minimum atomic E-state index is -3.77. The van der Waals surface area contributed by atoms with Gasteiger partial charge in [0.1, 0.15) is 10.7 Å². The zero-order valence-corrected chi connectivity index (χ0v) is 13.5. The van der Waals surface area contributed by atoms with Crippen LogP contribution in [-0.2, 0) is 22.9 Å². The number of carboxylic acids is 1. The van der Waals surface area contributed by atoms with Crippen LogP contribution in [0.25, 0.3) is 0 Å². The highest BCUT2D eigenvalue weighted by atomic mass is 32.2. The van der Waals surface area contributed by atoms with Gasteiger partial charge in [0.15, 0.2) is 0 Å². The minimum absolute atomic E-state index is 0.0687. The number of hydrogen-bond donors (Lipinski definition) is 1. The van der Waals surface area contributed by atoms with Gasteiger partial charge in [-0.15, -0.1) is 0 Å². The summed E-state index contributed by atoms with van der Waals surface area (Å²) in [7, 11) is -3.77. The van der Waals surface area contributed by atoms with E-state index in [2.05, 4.69) is 0 Å². The highest BCUT2D eigenvalue weighted by molar-refractivity contribution is 7.89. The molecule has 6 nitrogen and oxygen atoms in total. The molecular formula is C16H17NO5S. The Morgan fingerprint density at radius 1 is 1.17 bits per heavy atom. The molecule has 0 aliphatic carbocycles. The number of carboxylic acid groups (broad SMARTS) is 1. The molecule has 0 saturated heterocycles. The topological polar surface area (TPSA) is 87.8 Å². The Kier molecular flexibility index (Phi) is 3.99. The van der Waals surface area contributed by atoms with E-state index in [1.165, 1.54) is 11.2 Å². The third-order valence-electron chi connectivity index (χ3n) is 4.08. The van der Waals surface area contributed by atoms with Gasteiger partial charge < -0.3 is 9.52 Å². The monoisotopic (exact) mass is 335 g/mol. The van der Waals surface area contributed by atoms with Crippen molar-refractivity contribution in [1.29, 1.82) is 0 Å². The first-order valence-corrected chi connectivity index (χ1v) is 8.74. The lowest BCUT2D eigenvalue weighted by molar-refractivity contribution is 0.0661. The van der Waals surface area contributed by atoms with Crippen LogP contribution in [0.3, 0.4) is 0 Å². The second-order valence-electron chi connectivity index (χ2n) is 5.51. The third kappa shape index (κ3) is 2.89. The Balaban J connectivity index is 1.91. The van der Waals surface area contributed by atoms with Crippen LogP contribution < -0.4 is 0 Å². The summed E-state index contributed by atoms with van der Waals surface area (Å²) in [6.45, 7) is 2.20. The van der Waals surface area contributed by atoms with Gasteiger partial charge in [0, 0.05) is 19.2 Å². The number of hydrogen-bond acceptors (Lipinski definition) is 4. The number of furan rings is 1. The van der Waals surface area contributed by atoms with Gasteiger partial charge in [-0.2, -0.15) is 4.31 Å². The van der Waals surface area contributed by atoms with E-state index in [0.717, 1.165) is 17.2 Å². The van der Waals surface area contributed by atoms with Crippen molar-refractivity contribution >= 4 is 16.0 Å². The van der Waals surface area contributed by atoms with E-state index in [4.69, 9.17) is 9.52 Å². The van der Waals surface area contributed by atoms with E-state index < -0.39 is 16.0 Å². The van der Waals surface area contributed by atoms with Crippen molar-refractivity contribution in [2.75, 3.05) is 13.1 Å². The van der Waals surface area contributed by atoms with Gasteiger partial charge in [-0.25, -0.2) is 13.2 Å². The van der Waals surface area contributed by atoms with Gasteiger partial charge >= 0.3 is 5.97 Å². The maximum Gasteiger partial charge on any atom is 0.371 e. The average molecular weight is 335 g/mol. The Morgan fingerprint density at radius 2 is 1.74 bits per heavy atom. The molecule has 1 aromatic carbocycles. The molecular weight excluding hydrogens is 318 g/mol. The lowest BCUT2D eigenvalue weighted by Crippen LogP contribution is -2.33. The number of benzene rings is 1. The molecule has 2 aromatic rings. The number of fused-ring (bicyclic) bond motifs is 1. The molecule has 0 atom stereocenters. The molecule has 7 heteroatoms. The van der Waals surface area contributed by atoms with Crippen molar-refractivity contribution in [3.8, 4) is 0 Å². The summed E-state index contributed by atoms with van der Waals surface area (Å²) >= 11 is 0. The number of carbonyl (C=O) groups is 1. The molecule has 23 heavy (non-hydrogen) atoms. The molecule has 0 bridgehead atoms. The first kappa shape index (κ1) is 15.8. The second-order valence-corrected chi connectivity index (χ2v) is 7.42. The highest BCUT2D eigenvalue weighted by Crippen LogP contribution is 2.26. The van der Waals surface area contributed by atoms with Crippen LogP contribution in [-0.4, -0.2) is 36.9 Å². The van der Waals surface area contributed by atoms with Crippen molar-refractivity contribution in [3.63, 3.8) is 0 Å². The predicted octanol–water partition coefficient (Wildman–Crippen LogP) is 2.08. The Labute approximate surface area is 134 Å². The van der Waals surface area contributed by atoms with Gasteiger partial charge in [0.05, 0.1) is 0 Å². The van der Waals surface area contributed by atoms with E-state index in [1.807, 2.05) is 24.3 Å². The number of nitrogens with zero attached hydrogens (tertiary/aromatic N) is 1. The molecule has 1 aromatic heterocycles. The van der Waals surface area contributed by atoms with Crippen molar-refractivity contribution in [1.82, 2.24) is 4.31 Å². The fourth-order valence-corrected chi connectivity index (χ4v) is 4.46.